The molecule has 0 spiro atoms. The summed E-state index contributed by atoms with van der Waals surface area (Å²) in [7, 11) is 0. The minimum atomic E-state index is 0.781. The lowest BCUT2D eigenvalue weighted by atomic mass is 10.1. The molecule has 0 aliphatic rings. The summed E-state index contributed by atoms with van der Waals surface area (Å²) in [5, 5.41) is 8.63. The van der Waals surface area contributed by atoms with Crippen molar-refractivity contribution in [3.63, 3.8) is 0 Å². The molecule has 2 aromatic carbocycles. The molecule has 0 unspecified atom stereocenters. The third-order valence-corrected chi connectivity index (χ3v) is 3.73. The fourth-order valence-electron chi connectivity index (χ4n) is 2.36. The van der Waals surface area contributed by atoms with Crippen molar-refractivity contribution in [1.29, 1.82) is 0 Å². The number of benzene rings is 2. The van der Waals surface area contributed by atoms with E-state index in [1.165, 1.54) is 24.8 Å². The first-order valence-corrected chi connectivity index (χ1v) is 8.41. The van der Waals surface area contributed by atoms with Crippen molar-refractivity contribution in [2.45, 2.75) is 46.5 Å². The summed E-state index contributed by atoms with van der Waals surface area (Å²) in [5.74, 6) is 0.895. The van der Waals surface area contributed by atoms with Crippen LogP contribution in [-0.2, 0) is 0 Å². The summed E-state index contributed by atoms with van der Waals surface area (Å²) >= 11 is 0. The SMILES string of the molecule is CCCCCCOc1ccc(/N=N/c2ccc(C)cc2C)cc1. The lowest BCUT2D eigenvalue weighted by Crippen LogP contribution is -1.96. The van der Waals surface area contributed by atoms with Gasteiger partial charge in [-0.15, -0.1) is 0 Å². The zero-order valence-electron chi connectivity index (χ0n) is 14.4. The lowest BCUT2D eigenvalue weighted by Gasteiger charge is -2.05. The van der Waals surface area contributed by atoms with Gasteiger partial charge in [0, 0.05) is 0 Å². The van der Waals surface area contributed by atoms with Crippen molar-refractivity contribution in [3.8, 4) is 5.75 Å². The van der Waals surface area contributed by atoms with Gasteiger partial charge >= 0.3 is 0 Å². The van der Waals surface area contributed by atoms with Gasteiger partial charge in [0.2, 0.25) is 0 Å². The van der Waals surface area contributed by atoms with Gasteiger partial charge in [0.25, 0.3) is 0 Å². The van der Waals surface area contributed by atoms with E-state index in [-0.39, 0.29) is 0 Å². The van der Waals surface area contributed by atoms with Crippen LogP contribution in [0.5, 0.6) is 5.75 Å². The Bertz CT molecular complexity index is 633. The Labute approximate surface area is 139 Å². The zero-order chi connectivity index (χ0) is 16.5. The normalized spacial score (nSPS) is 11.1. The molecule has 122 valence electrons. The average Bonchev–Trinajstić information content (AvgIpc) is 2.55. The molecule has 0 bridgehead atoms. The summed E-state index contributed by atoms with van der Waals surface area (Å²) in [5.41, 5.74) is 4.12. The molecule has 0 radical (unpaired) electrons. The Hall–Kier alpha value is -2.16. The van der Waals surface area contributed by atoms with E-state index in [4.69, 9.17) is 4.74 Å². The molecular weight excluding hydrogens is 284 g/mol. The minimum absolute atomic E-state index is 0.781. The van der Waals surface area contributed by atoms with Crippen LogP contribution in [0.15, 0.2) is 52.7 Å². The monoisotopic (exact) mass is 310 g/mol. The summed E-state index contributed by atoms with van der Waals surface area (Å²) in [6, 6.07) is 14.0. The predicted octanol–water partition coefficient (Wildman–Crippen LogP) is 6.68. The molecule has 23 heavy (non-hydrogen) atoms. The van der Waals surface area contributed by atoms with Gasteiger partial charge in [-0.3, -0.25) is 0 Å². The molecule has 0 aromatic heterocycles. The quantitative estimate of drug-likeness (QED) is 0.395. The Morgan fingerprint density at radius 1 is 0.870 bits per heavy atom. The third-order valence-electron chi connectivity index (χ3n) is 3.73. The van der Waals surface area contributed by atoms with Crippen molar-refractivity contribution >= 4 is 11.4 Å². The van der Waals surface area contributed by atoms with Gasteiger partial charge in [0.15, 0.2) is 0 Å². The van der Waals surface area contributed by atoms with E-state index >= 15 is 0 Å². The first-order chi connectivity index (χ1) is 11.2. The van der Waals surface area contributed by atoms with Gasteiger partial charge in [-0.25, -0.2) is 0 Å². The van der Waals surface area contributed by atoms with Gasteiger partial charge in [-0.05, 0) is 56.2 Å². The number of unbranched alkanes of at least 4 members (excludes halogenated alkanes) is 3. The second-order valence-electron chi connectivity index (χ2n) is 5.89. The molecule has 0 atom stereocenters. The fraction of sp³-hybridized carbons (Fsp3) is 0.400. The van der Waals surface area contributed by atoms with Gasteiger partial charge in [-0.2, -0.15) is 10.2 Å². The summed E-state index contributed by atoms with van der Waals surface area (Å²) < 4.78 is 5.73. The number of hydrogen-bond acceptors (Lipinski definition) is 3. The molecule has 3 heteroatoms. The molecule has 0 amide bonds. The highest BCUT2D eigenvalue weighted by Gasteiger charge is 1.98. The van der Waals surface area contributed by atoms with E-state index in [1.807, 2.05) is 30.3 Å². The number of rotatable bonds is 8. The summed E-state index contributed by atoms with van der Waals surface area (Å²) in [4.78, 5) is 0. The smallest absolute Gasteiger partial charge is 0.119 e. The van der Waals surface area contributed by atoms with Crippen LogP contribution in [0.3, 0.4) is 0 Å². The second-order valence-corrected chi connectivity index (χ2v) is 5.89. The molecule has 2 aromatic rings. The van der Waals surface area contributed by atoms with Gasteiger partial charge in [0.05, 0.1) is 18.0 Å². The van der Waals surface area contributed by atoms with E-state index in [1.54, 1.807) is 0 Å². The maximum absolute atomic E-state index is 5.73. The van der Waals surface area contributed by atoms with Crippen LogP contribution in [0, 0.1) is 13.8 Å². The first-order valence-electron chi connectivity index (χ1n) is 8.41. The topological polar surface area (TPSA) is 34.0 Å². The molecule has 0 saturated heterocycles. The number of azo groups is 1. The van der Waals surface area contributed by atoms with Crippen LogP contribution in [0.2, 0.25) is 0 Å². The Morgan fingerprint density at radius 3 is 2.35 bits per heavy atom. The van der Waals surface area contributed by atoms with E-state index in [0.717, 1.165) is 35.7 Å². The predicted molar refractivity (Wildman–Crippen MR) is 96.2 cm³/mol. The van der Waals surface area contributed by atoms with Crippen LogP contribution >= 0.6 is 0 Å². The third kappa shape index (κ3) is 5.85. The highest BCUT2D eigenvalue weighted by atomic mass is 16.5. The maximum atomic E-state index is 5.73. The van der Waals surface area contributed by atoms with Gasteiger partial charge in [-0.1, -0.05) is 43.9 Å². The second kappa shape index (κ2) is 9.09. The van der Waals surface area contributed by atoms with Crippen LogP contribution in [0.4, 0.5) is 11.4 Å². The molecule has 0 N–H and O–H groups in total. The van der Waals surface area contributed by atoms with Gasteiger partial charge < -0.3 is 4.74 Å². The largest absolute Gasteiger partial charge is 0.494 e. The first kappa shape index (κ1) is 17.2. The standard InChI is InChI=1S/C20H26N2O/c1-4-5-6-7-14-23-19-11-9-18(10-12-19)21-22-20-13-8-16(2)15-17(20)3/h8-13,15H,4-7,14H2,1-3H3/b22-21+. The number of hydrogen-bond donors (Lipinski definition) is 0. The van der Waals surface area contributed by atoms with Crippen LogP contribution in [0.1, 0.15) is 43.7 Å². The van der Waals surface area contributed by atoms with E-state index in [9.17, 15) is 0 Å². The van der Waals surface area contributed by atoms with Crippen LogP contribution in [-0.4, -0.2) is 6.61 Å². The van der Waals surface area contributed by atoms with E-state index in [0.29, 0.717) is 0 Å². The average molecular weight is 310 g/mol. The molecule has 3 nitrogen and oxygen atoms in total. The number of ether oxygens (including phenoxy) is 1. The molecule has 0 aliphatic heterocycles. The van der Waals surface area contributed by atoms with Crippen molar-refractivity contribution in [2.24, 2.45) is 10.2 Å². The van der Waals surface area contributed by atoms with E-state index < -0.39 is 0 Å². The van der Waals surface area contributed by atoms with Crippen molar-refractivity contribution in [2.75, 3.05) is 6.61 Å². The molecular formula is C20H26N2O. The Balaban J connectivity index is 1.88. The molecule has 0 saturated carbocycles. The zero-order valence-corrected chi connectivity index (χ0v) is 14.4. The van der Waals surface area contributed by atoms with Gasteiger partial charge in [0.1, 0.15) is 5.75 Å². The summed E-state index contributed by atoms with van der Waals surface area (Å²) in [6.45, 7) is 7.13. The fourth-order valence-corrected chi connectivity index (χ4v) is 2.36. The van der Waals surface area contributed by atoms with Crippen molar-refractivity contribution < 1.29 is 4.74 Å². The highest BCUT2D eigenvalue weighted by Crippen LogP contribution is 2.24. The molecule has 0 fully saturated rings. The van der Waals surface area contributed by atoms with E-state index in [2.05, 4.69) is 43.1 Å². The lowest BCUT2D eigenvalue weighted by molar-refractivity contribution is 0.305. The highest BCUT2D eigenvalue weighted by molar-refractivity contribution is 5.48. The number of aryl methyl sites for hydroxylation is 2. The van der Waals surface area contributed by atoms with Crippen molar-refractivity contribution in [3.05, 3.63) is 53.6 Å². The summed E-state index contributed by atoms with van der Waals surface area (Å²) in [6.07, 6.45) is 4.88. The molecule has 0 aliphatic carbocycles. The minimum Gasteiger partial charge on any atom is -0.494 e. The Morgan fingerprint density at radius 2 is 1.65 bits per heavy atom. The Kier molecular flexibility index (Phi) is 6.79. The van der Waals surface area contributed by atoms with Crippen LogP contribution < -0.4 is 4.74 Å². The van der Waals surface area contributed by atoms with Crippen LogP contribution in [0.25, 0.3) is 0 Å². The molecule has 2 rings (SSSR count). The number of nitrogens with zero attached hydrogens (tertiary/aromatic N) is 2. The molecule has 0 heterocycles. The maximum Gasteiger partial charge on any atom is 0.119 e. The van der Waals surface area contributed by atoms with Crippen molar-refractivity contribution in [1.82, 2.24) is 0 Å².